The van der Waals surface area contributed by atoms with E-state index in [1.54, 1.807) is 6.92 Å². The minimum atomic E-state index is -0.564. The number of carbonyl (C=O) groups excluding carboxylic acids is 2. The second kappa shape index (κ2) is 16.0. The van der Waals surface area contributed by atoms with E-state index in [2.05, 4.69) is 28.2 Å². The van der Waals surface area contributed by atoms with Gasteiger partial charge in [-0.25, -0.2) is 4.79 Å². The number of aliphatic hydroxyl groups excluding tert-OH is 1. The Hall–Kier alpha value is -4.02. The predicted molar refractivity (Wildman–Crippen MR) is 165 cm³/mol. The Bertz CT molecular complexity index is 1360. The summed E-state index contributed by atoms with van der Waals surface area (Å²) in [5.41, 5.74) is 5.71. The van der Waals surface area contributed by atoms with E-state index in [1.165, 1.54) is 0 Å². The summed E-state index contributed by atoms with van der Waals surface area (Å²) >= 11 is 0. The van der Waals surface area contributed by atoms with Gasteiger partial charge in [0.25, 0.3) is 0 Å². The number of benzene rings is 3. The van der Waals surface area contributed by atoms with Crippen LogP contribution in [-0.4, -0.2) is 61.4 Å². The largest absolute Gasteiger partial charge is 0.465 e. The Morgan fingerprint density at radius 3 is 2.47 bits per heavy atom. The molecule has 3 aromatic carbocycles. The predicted octanol–water partition coefficient (Wildman–Crippen LogP) is 4.87. The van der Waals surface area contributed by atoms with Gasteiger partial charge in [0, 0.05) is 31.6 Å². The molecule has 1 aliphatic rings. The van der Waals surface area contributed by atoms with Gasteiger partial charge in [-0.2, -0.15) is 0 Å². The molecule has 0 unspecified atom stereocenters. The lowest BCUT2D eigenvalue weighted by Gasteiger charge is -2.37. The van der Waals surface area contributed by atoms with E-state index in [-0.39, 0.29) is 32.0 Å². The van der Waals surface area contributed by atoms with E-state index >= 15 is 0 Å². The van der Waals surface area contributed by atoms with Crippen molar-refractivity contribution in [3.8, 4) is 11.1 Å². The fourth-order valence-electron chi connectivity index (χ4n) is 5.01. The van der Waals surface area contributed by atoms with Crippen LogP contribution in [0.15, 0.2) is 85.5 Å². The van der Waals surface area contributed by atoms with Crippen molar-refractivity contribution in [1.29, 1.82) is 0 Å². The number of hydrogen-bond donors (Lipinski definition) is 3. The number of amides is 2. The number of aliphatic hydroxyl groups is 1. The minimum Gasteiger partial charge on any atom is -0.465 e. The summed E-state index contributed by atoms with van der Waals surface area (Å²) < 4.78 is 17.9. The van der Waals surface area contributed by atoms with E-state index < -0.39 is 18.3 Å². The van der Waals surface area contributed by atoms with Gasteiger partial charge in [-0.05, 0) is 53.9 Å². The summed E-state index contributed by atoms with van der Waals surface area (Å²) in [5, 5.41) is 14.7. The quantitative estimate of drug-likeness (QED) is 0.193. The fourth-order valence-corrected chi connectivity index (χ4v) is 5.01. The van der Waals surface area contributed by atoms with Crippen molar-refractivity contribution in [2.24, 2.45) is 0 Å². The number of hydrogen-bond acceptors (Lipinski definition) is 7. The monoisotopic (exact) mass is 587 g/mol. The number of urea groups is 1. The van der Waals surface area contributed by atoms with Gasteiger partial charge in [0.05, 0.1) is 25.4 Å². The molecular weight excluding hydrogens is 546 g/mol. The molecule has 3 aromatic rings. The third kappa shape index (κ3) is 9.49. The highest BCUT2D eigenvalue weighted by Gasteiger charge is 2.32. The molecule has 0 aliphatic carbocycles. The molecule has 3 atom stereocenters. The number of ether oxygens (including phenoxy) is 3. The molecule has 2 amide bonds. The van der Waals surface area contributed by atoms with Crippen LogP contribution in [0.5, 0.6) is 0 Å². The van der Waals surface area contributed by atoms with Gasteiger partial charge < -0.3 is 34.9 Å². The summed E-state index contributed by atoms with van der Waals surface area (Å²) in [5.74, 6) is -0.480. The average molecular weight is 588 g/mol. The average Bonchev–Trinajstić information content (AvgIpc) is 3.03. The first-order valence-electron chi connectivity index (χ1n) is 14.5. The molecule has 1 fully saturated rings. The van der Waals surface area contributed by atoms with Crippen LogP contribution in [0, 0.1) is 0 Å². The molecule has 4 rings (SSSR count). The van der Waals surface area contributed by atoms with Crippen LogP contribution in [0.2, 0.25) is 0 Å². The van der Waals surface area contributed by atoms with Crippen LogP contribution < -0.4 is 10.6 Å². The lowest BCUT2D eigenvalue weighted by molar-refractivity contribution is -0.252. The molecule has 9 heteroatoms. The zero-order valence-electron chi connectivity index (χ0n) is 24.8. The van der Waals surface area contributed by atoms with Gasteiger partial charge in [-0.15, -0.1) is 6.58 Å². The van der Waals surface area contributed by atoms with Crippen LogP contribution in [0.25, 0.3) is 11.1 Å². The van der Waals surface area contributed by atoms with E-state index in [0.29, 0.717) is 13.0 Å². The number of esters is 1. The number of likely N-dealkylation sites (N-methyl/N-ethyl adjacent to an activating group) is 1. The minimum absolute atomic E-state index is 0.000745. The van der Waals surface area contributed by atoms with Gasteiger partial charge in [-0.1, -0.05) is 66.7 Å². The van der Waals surface area contributed by atoms with E-state index in [0.717, 1.165) is 46.5 Å². The molecular formula is C34H41N3O6. The SMILES string of the molecule is C=CCN(C)C[C@@H]1C[C@H](c2ccc(CO)cc2)O[C@H](c2cccc(-c3cccc(CNC(=O)NCC(=O)OCC)c3)c2)O1. The molecule has 0 radical (unpaired) electrons. The molecule has 0 spiro atoms. The first-order chi connectivity index (χ1) is 20.9. The standard InChI is InChI=1S/C34H41N3O6/c1-4-16-37(3)22-30-19-31(26-14-12-24(23-38)13-15-26)43-33(42-30)29-11-7-10-28(18-29)27-9-6-8-25(17-27)20-35-34(40)36-21-32(39)41-5-2/h4,6-15,17-18,30-31,33,38H,1,5,16,19-23H2,2-3H3,(H2,35,36,40)/t30-,31+,33+/m0/s1. The number of nitrogens with zero attached hydrogens (tertiary/aromatic N) is 1. The smallest absolute Gasteiger partial charge is 0.325 e. The lowest BCUT2D eigenvalue weighted by Crippen LogP contribution is -2.38. The van der Waals surface area contributed by atoms with Gasteiger partial charge in [0.15, 0.2) is 6.29 Å². The van der Waals surface area contributed by atoms with E-state index in [1.807, 2.05) is 79.9 Å². The van der Waals surface area contributed by atoms with Crippen LogP contribution in [0.4, 0.5) is 4.79 Å². The molecule has 1 heterocycles. The molecule has 0 saturated carbocycles. The zero-order valence-corrected chi connectivity index (χ0v) is 24.8. The maximum absolute atomic E-state index is 12.1. The van der Waals surface area contributed by atoms with Gasteiger partial charge in [0.1, 0.15) is 6.54 Å². The number of carbonyl (C=O) groups is 2. The fraction of sp³-hybridized carbons (Fsp3) is 0.353. The zero-order chi connectivity index (χ0) is 30.6. The maximum Gasteiger partial charge on any atom is 0.325 e. The Morgan fingerprint density at radius 1 is 1.00 bits per heavy atom. The van der Waals surface area contributed by atoms with Crippen LogP contribution in [0.1, 0.15) is 48.0 Å². The first kappa shape index (κ1) is 31.9. The van der Waals surface area contributed by atoms with Gasteiger partial charge in [-0.3, -0.25) is 4.79 Å². The Labute approximate surface area is 253 Å². The highest BCUT2D eigenvalue weighted by Crippen LogP contribution is 2.39. The molecule has 228 valence electrons. The highest BCUT2D eigenvalue weighted by atomic mass is 16.7. The summed E-state index contributed by atoms with van der Waals surface area (Å²) in [6, 6.07) is 23.5. The van der Waals surface area contributed by atoms with Crippen molar-refractivity contribution >= 4 is 12.0 Å². The summed E-state index contributed by atoms with van der Waals surface area (Å²) in [6.45, 7) is 7.44. The topological polar surface area (TPSA) is 109 Å². The van der Waals surface area contributed by atoms with Crippen LogP contribution in [-0.2, 0) is 32.2 Å². The highest BCUT2D eigenvalue weighted by molar-refractivity contribution is 5.80. The Morgan fingerprint density at radius 2 is 1.74 bits per heavy atom. The lowest BCUT2D eigenvalue weighted by atomic mass is 9.98. The van der Waals surface area contributed by atoms with Crippen molar-refractivity contribution in [1.82, 2.24) is 15.5 Å². The Balaban J connectivity index is 1.48. The van der Waals surface area contributed by atoms with Crippen molar-refractivity contribution in [2.75, 3.05) is 33.3 Å². The molecule has 1 saturated heterocycles. The van der Waals surface area contributed by atoms with Crippen molar-refractivity contribution in [3.63, 3.8) is 0 Å². The number of nitrogens with one attached hydrogen (secondary N) is 2. The van der Waals surface area contributed by atoms with Gasteiger partial charge in [0.2, 0.25) is 0 Å². The third-order valence-corrected chi connectivity index (χ3v) is 7.14. The van der Waals surface area contributed by atoms with Crippen LogP contribution in [0.3, 0.4) is 0 Å². The molecule has 0 aromatic heterocycles. The third-order valence-electron chi connectivity index (χ3n) is 7.14. The number of rotatable bonds is 13. The molecule has 3 N–H and O–H groups in total. The molecule has 1 aliphatic heterocycles. The van der Waals surface area contributed by atoms with Gasteiger partial charge >= 0.3 is 12.0 Å². The van der Waals surface area contributed by atoms with Crippen molar-refractivity contribution < 1.29 is 28.9 Å². The van der Waals surface area contributed by atoms with E-state index in [4.69, 9.17) is 14.2 Å². The summed E-state index contributed by atoms with van der Waals surface area (Å²) in [6.07, 6.45) is 1.80. The summed E-state index contributed by atoms with van der Waals surface area (Å²) in [4.78, 5) is 25.8. The van der Waals surface area contributed by atoms with Crippen molar-refractivity contribution in [2.45, 2.75) is 45.0 Å². The Kier molecular flexibility index (Phi) is 11.9. The normalized spacial score (nSPS) is 18.2. The second-order valence-electron chi connectivity index (χ2n) is 10.5. The molecule has 0 bridgehead atoms. The first-order valence-corrected chi connectivity index (χ1v) is 14.5. The maximum atomic E-state index is 12.1. The van der Waals surface area contributed by atoms with E-state index in [9.17, 15) is 14.7 Å². The molecule has 43 heavy (non-hydrogen) atoms. The second-order valence-corrected chi connectivity index (χ2v) is 10.5. The van der Waals surface area contributed by atoms with Crippen molar-refractivity contribution in [3.05, 3.63) is 108 Å². The summed E-state index contributed by atoms with van der Waals surface area (Å²) in [7, 11) is 2.05. The molecule has 9 nitrogen and oxygen atoms in total. The van der Waals surface area contributed by atoms with Crippen LogP contribution >= 0.6 is 0 Å².